The van der Waals surface area contributed by atoms with Crippen molar-refractivity contribution in [2.24, 2.45) is 0 Å². The highest BCUT2D eigenvalue weighted by atomic mass is 16.6. The second-order valence-electron chi connectivity index (χ2n) is 3.42. The molecule has 0 fully saturated rings. The van der Waals surface area contributed by atoms with E-state index in [0.29, 0.717) is 24.5 Å². The molecule has 1 heterocycles. The van der Waals surface area contributed by atoms with Crippen molar-refractivity contribution in [2.75, 3.05) is 5.32 Å². The van der Waals surface area contributed by atoms with E-state index < -0.39 is 5.82 Å². The summed E-state index contributed by atoms with van der Waals surface area (Å²) in [6.45, 7) is 3.98. The topological polar surface area (TPSA) is 55.4 Å². The minimum Gasteiger partial charge on any atom is -0.395 e. The molecule has 4 heteroatoms. The lowest BCUT2D eigenvalue weighted by atomic mass is 10.2. The van der Waals surface area contributed by atoms with Crippen LogP contribution in [0.3, 0.4) is 0 Å². The molecule has 1 N–H and O–H groups in total. The maximum absolute atomic E-state index is 11.0. The summed E-state index contributed by atoms with van der Waals surface area (Å²) < 4.78 is 9.84. The molecule has 1 aromatic carbocycles. The molecule has 1 aromatic heterocycles. The quantitative estimate of drug-likeness (QED) is 0.801. The molecule has 4 nitrogen and oxygen atoms in total. The molecule has 0 aliphatic carbocycles. The standard InChI is InChI=1S/C13H12NO3/c1-2-6-11-12(17-13(15)16-11)9-14-10-7-4-3-5-8-10/h2-5,7,14H,1,6,9H2. The summed E-state index contributed by atoms with van der Waals surface area (Å²) >= 11 is 0. The van der Waals surface area contributed by atoms with E-state index in [1.807, 2.05) is 18.2 Å². The highest BCUT2D eigenvalue weighted by Crippen LogP contribution is 2.11. The first-order chi connectivity index (χ1) is 8.29. The van der Waals surface area contributed by atoms with Gasteiger partial charge in [0.15, 0.2) is 11.5 Å². The molecule has 1 radical (unpaired) electrons. The number of para-hydroxylation sites is 1. The number of nitrogens with one attached hydrogen (secondary N) is 1. The van der Waals surface area contributed by atoms with Crippen LogP contribution in [0.5, 0.6) is 0 Å². The van der Waals surface area contributed by atoms with Crippen LogP contribution in [0.25, 0.3) is 0 Å². The van der Waals surface area contributed by atoms with Crippen molar-refractivity contribution in [1.29, 1.82) is 0 Å². The number of rotatable bonds is 5. The summed E-state index contributed by atoms with van der Waals surface area (Å²) in [5, 5.41) is 3.09. The Morgan fingerprint density at radius 3 is 2.88 bits per heavy atom. The first kappa shape index (κ1) is 11.3. The molecule has 0 unspecified atom stereocenters. The minimum atomic E-state index is -0.685. The van der Waals surface area contributed by atoms with Crippen molar-refractivity contribution in [3.63, 3.8) is 0 Å². The highest BCUT2D eigenvalue weighted by molar-refractivity contribution is 5.41. The largest absolute Gasteiger partial charge is 0.519 e. The fourth-order valence-electron chi connectivity index (χ4n) is 1.44. The highest BCUT2D eigenvalue weighted by Gasteiger charge is 2.10. The Morgan fingerprint density at radius 1 is 1.35 bits per heavy atom. The van der Waals surface area contributed by atoms with Crippen molar-refractivity contribution in [1.82, 2.24) is 0 Å². The Morgan fingerprint density at radius 2 is 2.18 bits per heavy atom. The predicted octanol–water partition coefficient (Wildman–Crippen LogP) is 2.37. The van der Waals surface area contributed by atoms with Crippen LogP contribution in [0.1, 0.15) is 11.5 Å². The van der Waals surface area contributed by atoms with E-state index in [-0.39, 0.29) is 0 Å². The van der Waals surface area contributed by atoms with Gasteiger partial charge in [-0.15, -0.1) is 6.58 Å². The smallest absolute Gasteiger partial charge is 0.395 e. The molecule has 0 saturated heterocycles. The molecule has 17 heavy (non-hydrogen) atoms. The molecule has 0 bridgehead atoms. The van der Waals surface area contributed by atoms with E-state index in [1.165, 1.54) is 0 Å². The molecule has 2 aromatic rings. The van der Waals surface area contributed by atoms with Crippen LogP contribution in [-0.2, 0) is 13.0 Å². The van der Waals surface area contributed by atoms with Gasteiger partial charge in [-0.1, -0.05) is 24.3 Å². The van der Waals surface area contributed by atoms with Crippen molar-refractivity contribution in [3.05, 3.63) is 65.1 Å². The molecule has 0 spiro atoms. The Balaban J connectivity index is 2.08. The summed E-state index contributed by atoms with van der Waals surface area (Å²) in [7, 11) is 0. The number of allylic oxidation sites excluding steroid dienone is 1. The van der Waals surface area contributed by atoms with Gasteiger partial charge >= 0.3 is 5.82 Å². The number of benzene rings is 1. The zero-order chi connectivity index (χ0) is 12.1. The average molecular weight is 230 g/mol. The second kappa shape index (κ2) is 5.21. The van der Waals surface area contributed by atoms with Gasteiger partial charge < -0.3 is 14.2 Å². The van der Waals surface area contributed by atoms with E-state index in [0.717, 1.165) is 5.69 Å². The van der Waals surface area contributed by atoms with Crippen LogP contribution in [0.4, 0.5) is 5.69 Å². The molecular formula is C13H12NO3. The molecule has 0 saturated carbocycles. The van der Waals surface area contributed by atoms with Gasteiger partial charge in [-0.3, -0.25) is 0 Å². The van der Waals surface area contributed by atoms with Gasteiger partial charge in [0.05, 0.1) is 6.54 Å². The van der Waals surface area contributed by atoms with Crippen molar-refractivity contribution >= 4 is 5.69 Å². The van der Waals surface area contributed by atoms with Gasteiger partial charge in [-0.2, -0.15) is 0 Å². The van der Waals surface area contributed by atoms with Gasteiger partial charge in [0.1, 0.15) is 0 Å². The van der Waals surface area contributed by atoms with Crippen LogP contribution in [0, 0.1) is 6.07 Å². The molecule has 87 valence electrons. The normalized spacial score (nSPS) is 10.1. The molecule has 0 amide bonds. The van der Waals surface area contributed by atoms with Gasteiger partial charge in [-0.05, 0) is 6.07 Å². The summed E-state index contributed by atoms with van der Waals surface area (Å²) in [5.41, 5.74) is 0.834. The van der Waals surface area contributed by atoms with Crippen molar-refractivity contribution in [2.45, 2.75) is 13.0 Å². The maximum atomic E-state index is 11.0. The summed E-state index contributed by atoms with van der Waals surface area (Å²) in [5.74, 6) is 0.316. The van der Waals surface area contributed by atoms with Crippen molar-refractivity contribution < 1.29 is 8.83 Å². The summed E-state index contributed by atoms with van der Waals surface area (Å²) in [6, 6.07) is 10.5. The van der Waals surface area contributed by atoms with E-state index in [9.17, 15) is 4.79 Å². The van der Waals surface area contributed by atoms with Crippen molar-refractivity contribution in [3.8, 4) is 0 Å². The third kappa shape index (κ3) is 2.87. The molecule has 0 atom stereocenters. The maximum Gasteiger partial charge on any atom is 0.519 e. The van der Waals surface area contributed by atoms with Crippen LogP contribution >= 0.6 is 0 Å². The average Bonchev–Trinajstić information content (AvgIpc) is 2.69. The van der Waals surface area contributed by atoms with Crippen LogP contribution in [0.15, 0.2) is 50.5 Å². The van der Waals surface area contributed by atoms with Gasteiger partial charge in [0, 0.05) is 18.2 Å². The lowest BCUT2D eigenvalue weighted by Crippen LogP contribution is -2.00. The third-order valence-electron chi connectivity index (χ3n) is 2.20. The monoisotopic (exact) mass is 230 g/mol. The molecular weight excluding hydrogens is 218 g/mol. The first-order valence-corrected chi connectivity index (χ1v) is 5.23. The van der Waals surface area contributed by atoms with E-state index in [4.69, 9.17) is 8.83 Å². The number of hydrogen-bond acceptors (Lipinski definition) is 4. The van der Waals surface area contributed by atoms with E-state index >= 15 is 0 Å². The lowest BCUT2D eigenvalue weighted by Gasteiger charge is -2.03. The number of anilines is 1. The summed E-state index contributed by atoms with van der Waals surface area (Å²) in [6.07, 6.45) is 2.13. The second-order valence-corrected chi connectivity index (χ2v) is 3.42. The SMILES string of the molecule is C=CCc1oc(=O)oc1CNc1[c]cccc1. The van der Waals surface area contributed by atoms with Gasteiger partial charge in [-0.25, -0.2) is 4.79 Å². The first-order valence-electron chi connectivity index (χ1n) is 5.23. The Bertz CT molecular complexity index is 539. The number of hydrogen-bond donors (Lipinski definition) is 1. The Hall–Kier alpha value is -2.23. The molecule has 0 aliphatic rings. The van der Waals surface area contributed by atoms with Crippen LogP contribution < -0.4 is 11.1 Å². The predicted molar refractivity (Wildman–Crippen MR) is 63.7 cm³/mol. The van der Waals surface area contributed by atoms with Gasteiger partial charge in [0.25, 0.3) is 0 Å². The Kier molecular flexibility index (Phi) is 3.45. The zero-order valence-electron chi connectivity index (χ0n) is 9.23. The lowest BCUT2D eigenvalue weighted by molar-refractivity contribution is 0.368. The fraction of sp³-hybridized carbons (Fsp3) is 0.154. The van der Waals surface area contributed by atoms with Gasteiger partial charge in [0.2, 0.25) is 0 Å². The van der Waals surface area contributed by atoms with E-state index in [2.05, 4.69) is 18.0 Å². The van der Waals surface area contributed by atoms with Crippen LogP contribution in [-0.4, -0.2) is 0 Å². The third-order valence-corrected chi connectivity index (χ3v) is 2.20. The Labute approximate surface area is 98.6 Å². The molecule has 0 aliphatic heterocycles. The summed E-state index contributed by atoms with van der Waals surface area (Å²) in [4.78, 5) is 11.0. The molecule has 2 rings (SSSR count). The van der Waals surface area contributed by atoms with E-state index in [1.54, 1.807) is 12.1 Å². The van der Waals surface area contributed by atoms with Crippen LogP contribution in [0.2, 0.25) is 0 Å². The minimum absolute atomic E-state index is 0.384. The zero-order valence-corrected chi connectivity index (χ0v) is 9.23. The fourth-order valence-corrected chi connectivity index (χ4v) is 1.44.